The van der Waals surface area contributed by atoms with Gasteiger partial charge in [-0.25, -0.2) is 8.42 Å². The number of nitrogens with one attached hydrogen (secondary N) is 2. The van der Waals surface area contributed by atoms with E-state index in [-0.39, 0.29) is 44.2 Å². The summed E-state index contributed by atoms with van der Waals surface area (Å²) in [6.07, 6.45) is 1.86. The van der Waals surface area contributed by atoms with Crippen molar-refractivity contribution in [1.82, 2.24) is 10.6 Å². The standard InChI is InChI=1S/C19H18N2O4S/c22-18-14-5-1-2-6-16(14)26(24,25)17-10-12(7-8-15(17)18)19(23)21-13-4-3-9-20-11-13/h1-2,5-8,10,13,20H,3-4,9,11H2,(H,21,23). The van der Waals surface area contributed by atoms with Crippen molar-refractivity contribution in [3.63, 3.8) is 0 Å². The van der Waals surface area contributed by atoms with Crippen LogP contribution in [0.1, 0.15) is 39.1 Å². The number of rotatable bonds is 2. The highest BCUT2D eigenvalue weighted by atomic mass is 32.2. The Bertz CT molecular complexity index is 1010. The van der Waals surface area contributed by atoms with Crippen LogP contribution < -0.4 is 10.6 Å². The van der Waals surface area contributed by atoms with Crippen LogP contribution in [0, 0.1) is 0 Å². The molecule has 4 rings (SSSR count). The predicted molar refractivity (Wildman–Crippen MR) is 95.1 cm³/mol. The van der Waals surface area contributed by atoms with Gasteiger partial charge in [0.1, 0.15) is 0 Å². The summed E-state index contributed by atoms with van der Waals surface area (Å²) in [4.78, 5) is 25.0. The Morgan fingerprint density at radius 2 is 1.85 bits per heavy atom. The van der Waals surface area contributed by atoms with Gasteiger partial charge in [-0.3, -0.25) is 9.59 Å². The molecule has 1 saturated heterocycles. The van der Waals surface area contributed by atoms with Crippen LogP contribution in [0.25, 0.3) is 0 Å². The fourth-order valence-electron chi connectivity index (χ4n) is 3.47. The second-order valence-electron chi connectivity index (χ2n) is 6.56. The highest BCUT2D eigenvalue weighted by molar-refractivity contribution is 7.91. The Morgan fingerprint density at radius 1 is 1.08 bits per heavy atom. The third-order valence-corrected chi connectivity index (χ3v) is 6.68. The van der Waals surface area contributed by atoms with Crippen LogP contribution in [-0.4, -0.2) is 39.2 Å². The molecule has 1 atom stereocenters. The van der Waals surface area contributed by atoms with Crippen molar-refractivity contribution < 1.29 is 18.0 Å². The van der Waals surface area contributed by atoms with Gasteiger partial charge in [-0.05, 0) is 49.7 Å². The molecule has 2 aliphatic rings. The molecule has 7 heteroatoms. The molecular weight excluding hydrogens is 352 g/mol. The molecule has 26 heavy (non-hydrogen) atoms. The van der Waals surface area contributed by atoms with Crippen molar-refractivity contribution in [2.75, 3.05) is 13.1 Å². The summed E-state index contributed by atoms with van der Waals surface area (Å²) in [5.74, 6) is -0.670. The Kier molecular flexibility index (Phi) is 4.13. The molecule has 0 aliphatic carbocycles. The van der Waals surface area contributed by atoms with Crippen molar-refractivity contribution in [3.05, 3.63) is 59.2 Å². The Morgan fingerprint density at radius 3 is 2.62 bits per heavy atom. The number of amides is 1. The van der Waals surface area contributed by atoms with Gasteiger partial charge >= 0.3 is 0 Å². The van der Waals surface area contributed by atoms with Gasteiger partial charge in [-0.15, -0.1) is 0 Å². The largest absolute Gasteiger partial charge is 0.348 e. The van der Waals surface area contributed by atoms with E-state index in [1.807, 2.05) is 0 Å². The first-order valence-corrected chi connectivity index (χ1v) is 10.0. The molecule has 0 saturated carbocycles. The number of sulfone groups is 1. The quantitative estimate of drug-likeness (QED) is 0.714. The molecule has 2 aromatic carbocycles. The van der Waals surface area contributed by atoms with Crippen LogP contribution >= 0.6 is 0 Å². The number of fused-ring (bicyclic) bond motifs is 2. The second-order valence-corrected chi connectivity index (χ2v) is 8.44. The zero-order chi connectivity index (χ0) is 18.3. The van der Waals surface area contributed by atoms with Gasteiger partial charge in [0.25, 0.3) is 5.91 Å². The Labute approximate surface area is 151 Å². The van der Waals surface area contributed by atoms with E-state index in [1.54, 1.807) is 12.1 Å². The Hall–Kier alpha value is -2.51. The minimum Gasteiger partial charge on any atom is -0.348 e. The van der Waals surface area contributed by atoms with E-state index in [4.69, 9.17) is 0 Å². The van der Waals surface area contributed by atoms with Crippen LogP contribution in [0.3, 0.4) is 0 Å². The molecule has 0 radical (unpaired) electrons. The molecule has 134 valence electrons. The lowest BCUT2D eigenvalue weighted by molar-refractivity contribution is 0.0929. The average Bonchev–Trinajstić information content (AvgIpc) is 2.67. The number of carbonyl (C=O) groups is 2. The first-order chi connectivity index (χ1) is 12.5. The van der Waals surface area contributed by atoms with E-state index in [1.165, 1.54) is 30.3 Å². The van der Waals surface area contributed by atoms with E-state index in [9.17, 15) is 18.0 Å². The van der Waals surface area contributed by atoms with Crippen molar-refractivity contribution in [3.8, 4) is 0 Å². The van der Waals surface area contributed by atoms with Crippen LogP contribution in [0.4, 0.5) is 0 Å². The maximum absolute atomic E-state index is 12.9. The Balaban J connectivity index is 1.71. The fourth-order valence-corrected chi connectivity index (χ4v) is 5.15. The average molecular weight is 370 g/mol. The van der Waals surface area contributed by atoms with E-state index in [0.29, 0.717) is 6.54 Å². The van der Waals surface area contributed by atoms with E-state index >= 15 is 0 Å². The summed E-state index contributed by atoms with van der Waals surface area (Å²) in [6.45, 7) is 1.63. The molecule has 0 bridgehead atoms. The van der Waals surface area contributed by atoms with Gasteiger partial charge in [-0.1, -0.05) is 12.1 Å². The smallest absolute Gasteiger partial charge is 0.251 e. The number of ketones is 1. The maximum Gasteiger partial charge on any atom is 0.251 e. The van der Waals surface area contributed by atoms with Gasteiger partial charge in [0.2, 0.25) is 9.84 Å². The monoisotopic (exact) mass is 370 g/mol. The minimum absolute atomic E-state index is 0.00783. The van der Waals surface area contributed by atoms with Crippen LogP contribution in [-0.2, 0) is 9.84 Å². The van der Waals surface area contributed by atoms with Crippen molar-refractivity contribution in [2.24, 2.45) is 0 Å². The van der Waals surface area contributed by atoms with Crippen LogP contribution in [0.5, 0.6) is 0 Å². The van der Waals surface area contributed by atoms with Gasteiger partial charge in [0.15, 0.2) is 5.78 Å². The van der Waals surface area contributed by atoms with Gasteiger partial charge in [0.05, 0.1) is 9.79 Å². The lowest BCUT2D eigenvalue weighted by Crippen LogP contribution is -2.45. The first kappa shape index (κ1) is 16.9. The number of benzene rings is 2. The molecule has 2 aromatic rings. The number of hydrogen-bond donors (Lipinski definition) is 2. The first-order valence-electron chi connectivity index (χ1n) is 8.53. The third-order valence-electron chi connectivity index (χ3n) is 4.83. The molecule has 1 fully saturated rings. The van der Waals surface area contributed by atoms with Crippen molar-refractivity contribution >= 4 is 21.5 Å². The molecule has 2 heterocycles. The number of hydrogen-bond acceptors (Lipinski definition) is 5. The van der Waals surface area contributed by atoms with E-state index in [0.717, 1.165) is 19.4 Å². The lowest BCUT2D eigenvalue weighted by atomic mass is 10.0. The second kappa shape index (κ2) is 6.34. The SMILES string of the molecule is O=C(NC1CCCNC1)c1ccc2c(c1)S(=O)(=O)c1ccccc1C2=O. The number of carbonyl (C=O) groups excluding carboxylic acids is 2. The predicted octanol–water partition coefficient (Wildman–Crippen LogP) is 1.55. The van der Waals surface area contributed by atoms with Crippen molar-refractivity contribution in [1.29, 1.82) is 0 Å². The van der Waals surface area contributed by atoms with Crippen molar-refractivity contribution in [2.45, 2.75) is 28.7 Å². The van der Waals surface area contributed by atoms with E-state index in [2.05, 4.69) is 10.6 Å². The van der Waals surface area contributed by atoms with Crippen LogP contribution in [0.2, 0.25) is 0 Å². The maximum atomic E-state index is 12.9. The summed E-state index contributed by atoms with van der Waals surface area (Å²) in [7, 11) is -3.84. The molecule has 0 aromatic heterocycles. The summed E-state index contributed by atoms with van der Waals surface area (Å²) in [5.41, 5.74) is 0.523. The molecule has 0 spiro atoms. The van der Waals surface area contributed by atoms with E-state index < -0.39 is 9.84 Å². The summed E-state index contributed by atoms with van der Waals surface area (Å²) in [6, 6.07) is 10.4. The normalized spacial score (nSPS) is 20.8. The van der Waals surface area contributed by atoms with Gasteiger partial charge < -0.3 is 10.6 Å². The summed E-state index contributed by atoms with van der Waals surface area (Å²) in [5, 5.41) is 6.13. The highest BCUT2D eigenvalue weighted by Crippen LogP contribution is 2.34. The molecule has 6 nitrogen and oxygen atoms in total. The topological polar surface area (TPSA) is 92.3 Å². The lowest BCUT2D eigenvalue weighted by Gasteiger charge is -2.24. The fraction of sp³-hybridized carbons (Fsp3) is 0.263. The molecular formula is C19H18N2O4S. The van der Waals surface area contributed by atoms with Gasteiger partial charge in [-0.2, -0.15) is 0 Å². The zero-order valence-corrected chi connectivity index (χ0v) is 14.8. The van der Waals surface area contributed by atoms with Gasteiger partial charge in [0, 0.05) is 29.3 Å². The minimum atomic E-state index is -3.84. The molecule has 2 aliphatic heterocycles. The van der Waals surface area contributed by atoms with Crippen LogP contribution in [0.15, 0.2) is 52.3 Å². The molecule has 1 unspecified atom stereocenters. The summed E-state index contributed by atoms with van der Waals surface area (Å²) >= 11 is 0. The highest BCUT2D eigenvalue weighted by Gasteiger charge is 2.35. The molecule has 2 N–H and O–H groups in total. The third kappa shape index (κ3) is 2.73. The summed E-state index contributed by atoms with van der Waals surface area (Å²) < 4.78 is 25.8. The molecule has 1 amide bonds. The zero-order valence-electron chi connectivity index (χ0n) is 14.0. The number of piperidine rings is 1.